The molecular formula is C15H11ClN2O4S. The molecule has 0 saturated carbocycles. The first-order valence-electron chi connectivity index (χ1n) is 6.35. The van der Waals surface area contributed by atoms with E-state index in [9.17, 15) is 8.42 Å². The average Bonchev–Trinajstić information content (AvgIpc) is 2.54. The van der Waals surface area contributed by atoms with Crippen LogP contribution < -0.4 is 4.74 Å². The number of benzene rings is 2. The molecule has 0 aliphatic heterocycles. The third kappa shape index (κ3) is 4.71. The maximum absolute atomic E-state index is 11.9. The molecular weight excluding hydrogens is 340 g/mol. The van der Waals surface area contributed by atoms with E-state index in [0.29, 0.717) is 12.2 Å². The van der Waals surface area contributed by atoms with Crippen LogP contribution in [0.4, 0.5) is 0 Å². The zero-order valence-corrected chi connectivity index (χ0v) is 13.3. The number of rotatable bonds is 6. The Kier molecular flexibility index (Phi) is 5.57. The summed E-state index contributed by atoms with van der Waals surface area (Å²) >= 11 is 5.79. The van der Waals surface area contributed by atoms with Crippen LogP contribution in [0.25, 0.3) is 0 Å². The number of nitrogens with zero attached hydrogens (tertiary/aromatic N) is 2. The van der Waals surface area contributed by atoms with Crippen molar-refractivity contribution in [2.75, 3.05) is 0 Å². The molecule has 0 amide bonds. The van der Waals surface area contributed by atoms with E-state index >= 15 is 0 Å². The fraction of sp³-hybridized carbons (Fsp3) is 0.0667. The van der Waals surface area contributed by atoms with Crippen molar-refractivity contribution in [2.24, 2.45) is 5.16 Å². The lowest BCUT2D eigenvalue weighted by Gasteiger charge is -2.03. The number of ether oxygens (including phenoxy) is 1. The predicted molar refractivity (Wildman–Crippen MR) is 84.6 cm³/mol. The van der Waals surface area contributed by atoms with Gasteiger partial charge in [-0.05, 0) is 35.0 Å². The minimum Gasteiger partial charge on any atom is -0.442 e. The van der Waals surface area contributed by atoms with Crippen LogP contribution in [0.1, 0.15) is 5.56 Å². The van der Waals surface area contributed by atoms with Crippen molar-refractivity contribution in [2.45, 2.75) is 11.3 Å². The molecule has 0 saturated heterocycles. The number of hydrogen-bond donors (Lipinski definition) is 0. The summed E-state index contributed by atoms with van der Waals surface area (Å²) in [5.41, 5.74) is 0.842. The van der Waals surface area contributed by atoms with Gasteiger partial charge >= 0.3 is 10.1 Å². The minimum atomic E-state index is -4.11. The zero-order chi connectivity index (χ0) is 16.7. The molecule has 0 N–H and O–H groups in total. The fourth-order valence-electron chi connectivity index (χ4n) is 1.62. The van der Waals surface area contributed by atoms with Gasteiger partial charge in [-0.25, -0.2) is 0 Å². The molecule has 2 aromatic rings. The molecule has 0 aliphatic rings. The largest absolute Gasteiger partial charge is 0.442 e. The van der Waals surface area contributed by atoms with E-state index in [1.807, 2.05) is 6.07 Å². The molecule has 6 nitrogen and oxygen atoms in total. The van der Waals surface area contributed by atoms with Crippen LogP contribution in [-0.2, 0) is 20.8 Å². The van der Waals surface area contributed by atoms with Gasteiger partial charge in [0.25, 0.3) is 0 Å². The van der Waals surface area contributed by atoms with Crippen molar-refractivity contribution >= 4 is 28.1 Å². The first-order valence-corrected chi connectivity index (χ1v) is 8.14. The van der Waals surface area contributed by atoms with Gasteiger partial charge in [-0.3, -0.25) is 4.28 Å². The van der Waals surface area contributed by atoms with E-state index in [2.05, 4.69) is 9.44 Å². The molecule has 2 rings (SSSR count). The van der Waals surface area contributed by atoms with Crippen LogP contribution in [0.3, 0.4) is 0 Å². The highest BCUT2D eigenvalue weighted by molar-refractivity contribution is 7.86. The summed E-state index contributed by atoms with van der Waals surface area (Å²) in [7, 11) is -4.11. The van der Waals surface area contributed by atoms with Crippen molar-refractivity contribution < 1.29 is 17.4 Å². The van der Waals surface area contributed by atoms with Gasteiger partial charge < -0.3 is 4.74 Å². The maximum Gasteiger partial charge on any atom is 0.360 e. The first kappa shape index (κ1) is 16.8. The van der Waals surface area contributed by atoms with Crippen molar-refractivity contribution in [3.63, 3.8) is 0 Å². The van der Waals surface area contributed by atoms with Crippen molar-refractivity contribution in [1.82, 2.24) is 0 Å². The summed E-state index contributed by atoms with van der Waals surface area (Å²) in [4.78, 5) is -0.181. The van der Waals surface area contributed by atoms with E-state index in [1.165, 1.54) is 18.2 Å². The summed E-state index contributed by atoms with van der Waals surface area (Å²) in [6.45, 7) is 0. The number of hydrogen-bond acceptors (Lipinski definition) is 6. The maximum atomic E-state index is 11.9. The van der Waals surface area contributed by atoms with E-state index in [-0.39, 0.29) is 9.92 Å². The number of nitriles is 1. The Hall–Kier alpha value is -2.56. The lowest BCUT2D eigenvalue weighted by Crippen LogP contribution is -2.04. The molecule has 0 radical (unpaired) electrons. The molecule has 118 valence electrons. The Morgan fingerprint density at radius 3 is 2.52 bits per heavy atom. The van der Waals surface area contributed by atoms with Gasteiger partial charge in [0.15, 0.2) is 0 Å². The molecule has 2 aromatic carbocycles. The fourth-order valence-corrected chi connectivity index (χ4v) is 2.82. The third-order valence-corrected chi connectivity index (χ3v) is 4.30. The van der Waals surface area contributed by atoms with Gasteiger partial charge in [0.1, 0.15) is 10.6 Å². The summed E-state index contributed by atoms with van der Waals surface area (Å²) in [5.74, 6) is 0.425. The lowest BCUT2D eigenvalue weighted by molar-refractivity contribution is 0.330. The van der Waals surface area contributed by atoms with Gasteiger partial charge in [-0.1, -0.05) is 35.9 Å². The Bertz CT molecular complexity index is 843. The number of halogens is 1. The molecule has 0 unspecified atom stereocenters. The average molecular weight is 351 g/mol. The third-order valence-electron chi connectivity index (χ3n) is 2.69. The molecule has 0 atom stereocenters. The summed E-state index contributed by atoms with van der Waals surface area (Å²) < 4.78 is 33.3. The molecule has 0 bridgehead atoms. The Balaban J connectivity index is 1.96. The first-order chi connectivity index (χ1) is 11.0. The minimum absolute atomic E-state index is 0.0386. The molecule has 0 heterocycles. The van der Waals surface area contributed by atoms with Gasteiger partial charge in [0.2, 0.25) is 6.40 Å². The standard InChI is InChI=1S/C15H11ClN2O4S/c16-14-3-1-2-4-15(14)23(19,20)22-18-11-21-13-7-5-12(6-8-13)9-10-17/h1-8,11H,9H2. The molecule has 0 fully saturated rings. The SMILES string of the molecule is N#CCc1ccc(OC=NOS(=O)(=O)c2ccccc2Cl)cc1. The monoisotopic (exact) mass is 350 g/mol. The second kappa shape index (κ2) is 7.63. The topological polar surface area (TPSA) is 88.8 Å². The van der Waals surface area contributed by atoms with Crippen molar-refractivity contribution in [3.8, 4) is 11.8 Å². The van der Waals surface area contributed by atoms with Crippen LogP contribution in [-0.4, -0.2) is 14.8 Å². The highest BCUT2D eigenvalue weighted by Crippen LogP contribution is 2.22. The quantitative estimate of drug-likeness (QED) is 0.453. The summed E-state index contributed by atoms with van der Waals surface area (Å²) in [6.07, 6.45) is 1.15. The molecule has 23 heavy (non-hydrogen) atoms. The number of oxime groups is 1. The van der Waals surface area contributed by atoms with E-state index in [1.54, 1.807) is 30.3 Å². The normalized spacial score (nSPS) is 11.1. The van der Waals surface area contributed by atoms with Gasteiger partial charge in [-0.2, -0.15) is 13.7 Å². The molecule has 8 heteroatoms. The van der Waals surface area contributed by atoms with Gasteiger partial charge in [0.05, 0.1) is 17.5 Å². The molecule has 0 aromatic heterocycles. The summed E-state index contributed by atoms with van der Waals surface area (Å²) in [5, 5.41) is 11.9. The van der Waals surface area contributed by atoms with E-state index < -0.39 is 10.1 Å². The van der Waals surface area contributed by atoms with Gasteiger partial charge in [-0.15, -0.1) is 0 Å². The van der Waals surface area contributed by atoms with E-state index in [0.717, 1.165) is 12.0 Å². The Labute approximate surface area is 138 Å². The van der Waals surface area contributed by atoms with Gasteiger partial charge in [0, 0.05) is 0 Å². The van der Waals surface area contributed by atoms with Crippen molar-refractivity contribution in [1.29, 1.82) is 5.26 Å². The van der Waals surface area contributed by atoms with Crippen molar-refractivity contribution in [3.05, 3.63) is 59.1 Å². The van der Waals surface area contributed by atoms with Crippen LogP contribution in [0, 0.1) is 11.3 Å². The second-order valence-corrected chi connectivity index (χ2v) is 6.17. The Morgan fingerprint density at radius 1 is 1.17 bits per heavy atom. The second-order valence-electron chi connectivity index (χ2n) is 4.27. The zero-order valence-electron chi connectivity index (χ0n) is 11.7. The predicted octanol–water partition coefficient (Wildman–Crippen LogP) is 3.13. The smallest absolute Gasteiger partial charge is 0.360 e. The van der Waals surface area contributed by atoms with Crippen LogP contribution in [0.5, 0.6) is 5.75 Å². The van der Waals surface area contributed by atoms with Crippen LogP contribution >= 0.6 is 11.6 Å². The van der Waals surface area contributed by atoms with E-state index in [4.69, 9.17) is 21.6 Å². The molecule has 0 aliphatic carbocycles. The summed E-state index contributed by atoms with van der Waals surface area (Å²) in [6, 6.07) is 14.6. The lowest BCUT2D eigenvalue weighted by atomic mass is 10.2. The van der Waals surface area contributed by atoms with Crippen LogP contribution in [0.2, 0.25) is 5.02 Å². The molecule has 0 spiro atoms. The van der Waals surface area contributed by atoms with Crippen LogP contribution in [0.15, 0.2) is 58.6 Å². The Morgan fingerprint density at radius 2 is 1.87 bits per heavy atom. The highest BCUT2D eigenvalue weighted by atomic mass is 35.5. The highest BCUT2D eigenvalue weighted by Gasteiger charge is 2.18.